The lowest BCUT2D eigenvalue weighted by Crippen LogP contribution is -2.38. The van der Waals surface area contributed by atoms with Gasteiger partial charge in [0, 0.05) is 29.6 Å². The first kappa shape index (κ1) is 13.9. The van der Waals surface area contributed by atoms with Crippen molar-refractivity contribution in [3.05, 3.63) is 39.8 Å². The van der Waals surface area contributed by atoms with Crippen LogP contribution in [0.2, 0.25) is 0 Å². The summed E-state index contributed by atoms with van der Waals surface area (Å²) in [6.07, 6.45) is 2.02. The van der Waals surface area contributed by atoms with Crippen LogP contribution in [0.1, 0.15) is 27.6 Å². The molecule has 2 aromatic rings. The minimum absolute atomic E-state index is 0.231. The number of nitrogens with zero attached hydrogens (tertiary/aromatic N) is 1. The number of ether oxygens (including phenoxy) is 2. The van der Waals surface area contributed by atoms with Crippen LogP contribution in [0.15, 0.2) is 18.2 Å². The SMILES string of the molecule is COc1cc2c(s1)CCN1Cc3c(ccc(O)c3OC)C[C@@H]21. The predicted molar refractivity (Wildman–Crippen MR) is 86.1 cm³/mol. The second-order valence-corrected chi connectivity index (χ2v) is 6.94. The monoisotopic (exact) mass is 317 g/mol. The van der Waals surface area contributed by atoms with Crippen LogP contribution in [0, 0.1) is 0 Å². The summed E-state index contributed by atoms with van der Waals surface area (Å²) in [5.41, 5.74) is 3.81. The highest BCUT2D eigenvalue weighted by Gasteiger charge is 2.35. The highest BCUT2D eigenvalue weighted by Crippen LogP contribution is 2.46. The number of hydrogen-bond donors (Lipinski definition) is 1. The molecule has 4 nitrogen and oxygen atoms in total. The zero-order valence-electron chi connectivity index (χ0n) is 12.8. The smallest absolute Gasteiger partial charge is 0.173 e. The Hall–Kier alpha value is -1.72. The summed E-state index contributed by atoms with van der Waals surface area (Å²) in [6.45, 7) is 1.87. The number of rotatable bonds is 2. The molecule has 0 fully saturated rings. The van der Waals surface area contributed by atoms with E-state index < -0.39 is 0 Å². The Morgan fingerprint density at radius 1 is 1.27 bits per heavy atom. The molecule has 0 saturated heterocycles. The maximum Gasteiger partial charge on any atom is 0.173 e. The first-order valence-corrected chi connectivity index (χ1v) is 8.31. The van der Waals surface area contributed by atoms with Gasteiger partial charge in [0.15, 0.2) is 16.6 Å². The molecule has 0 unspecified atom stereocenters. The second-order valence-electron chi connectivity index (χ2n) is 5.84. The van der Waals surface area contributed by atoms with Crippen LogP contribution in [0.4, 0.5) is 0 Å². The maximum absolute atomic E-state index is 10.00. The van der Waals surface area contributed by atoms with Crippen LogP contribution in [0.5, 0.6) is 16.6 Å². The summed E-state index contributed by atoms with van der Waals surface area (Å²) in [6, 6.07) is 6.37. The van der Waals surface area contributed by atoms with Gasteiger partial charge in [-0.05, 0) is 36.1 Å². The van der Waals surface area contributed by atoms with Crippen molar-refractivity contribution < 1.29 is 14.6 Å². The van der Waals surface area contributed by atoms with Gasteiger partial charge in [-0.1, -0.05) is 6.07 Å². The molecule has 116 valence electrons. The molecule has 2 aliphatic rings. The van der Waals surface area contributed by atoms with Crippen molar-refractivity contribution in [3.63, 3.8) is 0 Å². The van der Waals surface area contributed by atoms with E-state index in [1.165, 1.54) is 16.0 Å². The molecule has 1 aromatic heterocycles. The molecule has 3 heterocycles. The average Bonchev–Trinajstić information content (AvgIpc) is 2.97. The molecule has 22 heavy (non-hydrogen) atoms. The second kappa shape index (κ2) is 5.18. The normalized spacial score (nSPS) is 20.0. The Balaban J connectivity index is 1.76. The van der Waals surface area contributed by atoms with Crippen LogP contribution in [-0.4, -0.2) is 30.8 Å². The lowest BCUT2D eigenvalue weighted by atomic mass is 9.87. The van der Waals surface area contributed by atoms with Gasteiger partial charge in [-0.2, -0.15) is 0 Å². The first-order valence-electron chi connectivity index (χ1n) is 7.49. The van der Waals surface area contributed by atoms with Gasteiger partial charge < -0.3 is 14.6 Å². The maximum atomic E-state index is 10.00. The number of fused-ring (bicyclic) bond motifs is 4. The Labute approximate surface area is 133 Å². The predicted octanol–water partition coefficient (Wildman–Crippen LogP) is 3.13. The fraction of sp³-hybridized carbons (Fsp3) is 0.412. The molecule has 0 amide bonds. The molecule has 1 atom stereocenters. The van der Waals surface area contributed by atoms with E-state index in [2.05, 4.69) is 11.0 Å². The fourth-order valence-corrected chi connectivity index (χ4v) is 4.70. The number of benzene rings is 1. The Kier molecular flexibility index (Phi) is 3.27. The van der Waals surface area contributed by atoms with Crippen LogP contribution in [0.25, 0.3) is 0 Å². The van der Waals surface area contributed by atoms with Crippen molar-refractivity contribution in [3.8, 4) is 16.6 Å². The molecule has 0 radical (unpaired) electrons. The van der Waals surface area contributed by atoms with E-state index >= 15 is 0 Å². The molecule has 1 aromatic carbocycles. The van der Waals surface area contributed by atoms with Gasteiger partial charge in [-0.3, -0.25) is 4.90 Å². The third kappa shape index (κ3) is 2.00. The third-order valence-electron chi connectivity index (χ3n) is 4.76. The fourth-order valence-electron chi connectivity index (χ4n) is 3.68. The van der Waals surface area contributed by atoms with E-state index in [0.29, 0.717) is 11.8 Å². The summed E-state index contributed by atoms with van der Waals surface area (Å²) in [5.74, 6) is 0.860. The van der Waals surface area contributed by atoms with Crippen LogP contribution in [0.3, 0.4) is 0 Å². The van der Waals surface area contributed by atoms with Crippen LogP contribution < -0.4 is 9.47 Å². The molecular weight excluding hydrogens is 298 g/mol. The molecular formula is C17H19NO3S. The number of phenols is 1. The van der Waals surface area contributed by atoms with E-state index in [0.717, 1.165) is 36.6 Å². The van der Waals surface area contributed by atoms with Crippen LogP contribution in [-0.2, 0) is 19.4 Å². The molecule has 0 saturated carbocycles. The van der Waals surface area contributed by atoms with Gasteiger partial charge in [0.1, 0.15) is 0 Å². The molecule has 5 heteroatoms. The highest BCUT2D eigenvalue weighted by atomic mass is 32.1. The van der Waals surface area contributed by atoms with E-state index in [9.17, 15) is 5.11 Å². The van der Waals surface area contributed by atoms with Crippen molar-refractivity contribution >= 4 is 11.3 Å². The number of phenolic OH excluding ortho intramolecular Hbond substituents is 1. The van der Waals surface area contributed by atoms with Crippen molar-refractivity contribution in [1.29, 1.82) is 0 Å². The number of aromatic hydroxyl groups is 1. The van der Waals surface area contributed by atoms with Crippen molar-refractivity contribution in [2.45, 2.75) is 25.4 Å². The first-order chi connectivity index (χ1) is 10.7. The number of methoxy groups -OCH3 is 2. The van der Waals surface area contributed by atoms with Gasteiger partial charge in [-0.25, -0.2) is 0 Å². The van der Waals surface area contributed by atoms with Gasteiger partial charge in [0.05, 0.1) is 14.2 Å². The van der Waals surface area contributed by atoms with E-state index in [1.54, 1.807) is 31.6 Å². The lowest BCUT2D eigenvalue weighted by Gasteiger charge is -2.40. The minimum atomic E-state index is 0.231. The highest BCUT2D eigenvalue weighted by molar-refractivity contribution is 7.14. The van der Waals surface area contributed by atoms with Gasteiger partial charge in [0.2, 0.25) is 0 Å². The zero-order valence-corrected chi connectivity index (χ0v) is 13.6. The lowest BCUT2D eigenvalue weighted by molar-refractivity contribution is 0.159. The Bertz CT molecular complexity index is 725. The van der Waals surface area contributed by atoms with Crippen LogP contribution >= 0.6 is 11.3 Å². The zero-order chi connectivity index (χ0) is 15.3. The Morgan fingerprint density at radius 3 is 2.91 bits per heavy atom. The van der Waals surface area contributed by atoms with Gasteiger partial charge in [-0.15, -0.1) is 11.3 Å². The van der Waals surface area contributed by atoms with Crippen molar-refractivity contribution in [2.24, 2.45) is 0 Å². The largest absolute Gasteiger partial charge is 0.504 e. The summed E-state index contributed by atoms with van der Waals surface area (Å²) in [7, 11) is 3.36. The third-order valence-corrected chi connectivity index (χ3v) is 5.93. The summed E-state index contributed by atoms with van der Waals surface area (Å²) < 4.78 is 10.8. The topological polar surface area (TPSA) is 41.9 Å². The van der Waals surface area contributed by atoms with E-state index in [-0.39, 0.29) is 5.75 Å². The van der Waals surface area contributed by atoms with Crippen molar-refractivity contribution in [1.82, 2.24) is 4.90 Å². The van der Waals surface area contributed by atoms with Gasteiger partial charge in [0.25, 0.3) is 0 Å². The molecule has 0 spiro atoms. The summed E-state index contributed by atoms with van der Waals surface area (Å²) in [4.78, 5) is 3.94. The van der Waals surface area contributed by atoms with E-state index in [4.69, 9.17) is 9.47 Å². The molecule has 0 bridgehead atoms. The Morgan fingerprint density at radius 2 is 2.14 bits per heavy atom. The number of hydrogen-bond acceptors (Lipinski definition) is 5. The van der Waals surface area contributed by atoms with E-state index in [1.807, 2.05) is 6.07 Å². The molecule has 2 aliphatic heterocycles. The standard InChI is InChI=1S/C17H19NO3S/c1-20-16-8-11-13-7-10-3-4-14(19)17(21-2)12(10)9-18(13)6-5-15(11)22-16/h3-4,8,13,19H,5-7,9H2,1-2H3/t13-/m0/s1. The van der Waals surface area contributed by atoms with Crippen molar-refractivity contribution in [2.75, 3.05) is 20.8 Å². The quantitative estimate of drug-likeness (QED) is 0.924. The summed E-state index contributed by atoms with van der Waals surface area (Å²) in [5, 5.41) is 11.0. The number of thiophene rings is 1. The molecule has 0 aliphatic carbocycles. The average molecular weight is 317 g/mol. The minimum Gasteiger partial charge on any atom is -0.504 e. The summed E-state index contributed by atoms with van der Waals surface area (Å²) >= 11 is 1.77. The molecule has 4 rings (SSSR count). The molecule has 1 N–H and O–H groups in total. The van der Waals surface area contributed by atoms with Gasteiger partial charge >= 0.3 is 0 Å².